The van der Waals surface area contributed by atoms with E-state index >= 15 is 0 Å². The fourth-order valence-electron chi connectivity index (χ4n) is 1.07. The summed E-state index contributed by atoms with van der Waals surface area (Å²) in [5.41, 5.74) is 0.361. The molecule has 4 nitrogen and oxygen atoms in total. The fraction of sp³-hybridized carbons (Fsp3) is 0.250. The van der Waals surface area contributed by atoms with E-state index in [1.54, 1.807) is 6.07 Å². The fourth-order valence-corrected chi connectivity index (χ4v) is 1.81. The van der Waals surface area contributed by atoms with Crippen LogP contribution in [0.1, 0.15) is 5.56 Å². The second kappa shape index (κ2) is 5.85. The maximum absolute atomic E-state index is 10.7. The van der Waals surface area contributed by atoms with Gasteiger partial charge in [0, 0.05) is 6.61 Å². The average molecular weight is 224 g/mol. The van der Waals surface area contributed by atoms with Gasteiger partial charge in [-0.3, -0.25) is 0 Å². The number of aliphatic hydroxyl groups excluding tert-OH is 1. The summed E-state index contributed by atoms with van der Waals surface area (Å²) in [6.45, 7) is -0.174. The molecule has 1 aromatic carbocycles. The molecule has 0 saturated carbocycles. The zero-order chi connectivity index (χ0) is 9.90. The molecule has 0 fully saturated rings. The van der Waals surface area contributed by atoms with Crippen LogP contribution < -0.4 is 29.6 Å². The van der Waals surface area contributed by atoms with E-state index in [4.69, 9.17) is 5.11 Å². The monoisotopic (exact) mass is 224 g/mol. The van der Waals surface area contributed by atoms with Gasteiger partial charge in [0.2, 0.25) is 0 Å². The van der Waals surface area contributed by atoms with Crippen molar-refractivity contribution in [1.29, 1.82) is 0 Å². The Morgan fingerprint density at radius 1 is 1.29 bits per heavy atom. The molecule has 0 aliphatic carbocycles. The van der Waals surface area contributed by atoms with Gasteiger partial charge in [0.15, 0.2) is 0 Å². The van der Waals surface area contributed by atoms with Crippen LogP contribution >= 0.6 is 0 Å². The van der Waals surface area contributed by atoms with Crippen molar-refractivity contribution in [1.82, 2.24) is 0 Å². The smallest absolute Gasteiger partial charge is 0.744 e. The van der Waals surface area contributed by atoms with Gasteiger partial charge in [-0.1, -0.05) is 18.2 Å². The summed E-state index contributed by atoms with van der Waals surface area (Å²) in [4.78, 5) is -0.246. The maximum atomic E-state index is 10.7. The number of rotatable bonds is 3. The van der Waals surface area contributed by atoms with E-state index in [1.807, 2.05) is 0 Å². The summed E-state index contributed by atoms with van der Waals surface area (Å²) in [7, 11) is -4.42. The molecule has 0 saturated heterocycles. The van der Waals surface area contributed by atoms with Crippen LogP contribution in [0.15, 0.2) is 29.2 Å². The van der Waals surface area contributed by atoms with Crippen LogP contribution in [0.2, 0.25) is 0 Å². The molecule has 0 radical (unpaired) electrons. The first kappa shape index (κ1) is 14.1. The van der Waals surface area contributed by atoms with Crippen LogP contribution in [0.4, 0.5) is 0 Å². The summed E-state index contributed by atoms with van der Waals surface area (Å²) in [5, 5.41) is 8.61. The molecule has 0 spiro atoms. The number of hydrogen-bond donors (Lipinski definition) is 1. The zero-order valence-corrected chi connectivity index (χ0v) is 10.6. The van der Waals surface area contributed by atoms with Crippen LogP contribution in [-0.4, -0.2) is 24.7 Å². The molecule has 1 rings (SSSR count). The van der Waals surface area contributed by atoms with Gasteiger partial charge in [-0.05, 0) is 18.1 Å². The summed E-state index contributed by atoms with van der Waals surface area (Å²) in [6, 6.07) is 5.86. The first-order chi connectivity index (χ1) is 6.05. The van der Waals surface area contributed by atoms with Gasteiger partial charge in [0.1, 0.15) is 10.1 Å². The van der Waals surface area contributed by atoms with Gasteiger partial charge >= 0.3 is 29.6 Å². The average Bonchev–Trinajstić information content (AvgIpc) is 2.04. The quantitative estimate of drug-likeness (QED) is 0.442. The molecular weight excluding hydrogens is 215 g/mol. The predicted molar refractivity (Wildman–Crippen MR) is 45.2 cm³/mol. The van der Waals surface area contributed by atoms with Gasteiger partial charge < -0.3 is 9.66 Å². The third-order valence-electron chi connectivity index (χ3n) is 1.62. The van der Waals surface area contributed by atoms with Crippen LogP contribution in [0, 0.1) is 0 Å². The molecule has 0 aromatic heterocycles. The van der Waals surface area contributed by atoms with Crippen LogP contribution in [0.3, 0.4) is 0 Å². The molecule has 0 aliphatic rings. The molecule has 0 amide bonds. The first-order valence-electron chi connectivity index (χ1n) is 3.70. The summed E-state index contributed by atoms with van der Waals surface area (Å²) < 4.78 is 32.1. The minimum atomic E-state index is -4.42. The molecular formula is C8H9NaO4S. The second-order valence-electron chi connectivity index (χ2n) is 2.54. The summed E-state index contributed by atoms with van der Waals surface area (Å²) in [6.07, 6.45) is 0.178. The van der Waals surface area contributed by atoms with Crippen molar-refractivity contribution < 1.29 is 47.6 Å². The van der Waals surface area contributed by atoms with Gasteiger partial charge in [-0.15, -0.1) is 0 Å². The normalized spacial score (nSPS) is 10.7. The third-order valence-corrected chi connectivity index (χ3v) is 2.56. The third kappa shape index (κ3) is 3.68. The Kier molecular flexibility index (Phi) is 5.88. The predicted octanol–water partition coefficient (Wildman–Crippen LogP) is -2.87. The molecule has 6 heteroatoms. The van der Waals surface area contributed by atoms with E-state index in [0.717, 1.165) is 0 Å². The van der Waals surface area contributed by atoms with E-state index in [-0.39, 0.29) is 47.5 Å². The van der Waals surface area contributed by atoms with Crippen molar-refractivity contribution in [3.63, 3.8) is 0 Å². The molecule has 0 atom stereocenters. The summed E-state index contributed by atoms with van der Waals surface area (Å²) >= 11 is 0. The zero-order valence-electron chi connectivity index (χ0n) is 7.80. The van der Waals surface area contributed by atoms with E-state index in [9.17, 15) is 13.0 Å². The molecule has 1 N–H and O–H groups in total. The van der Waals surface area contributed by atoms with E-state index < -0.39 is 10.1 Å². The number of aliphatic hydroxyl groups is 1. The van der Waals surface area contributed by atoms with Gasteiger partial charge in [-0.25, -0.2) is 8.42 Å². The first-order valence-corrected chi connectivity index (χ1v) is 5.11. The van der Waals surface area contributed by atoms with Gasteiger partial charge in [0.05, 0.1) is 4.90 Å². The van der Waals surface area contributed by atoms with Crippen molar-refractivity contribution >= 4 is 10.1 Å². The van der Waals surface area contributed by atoms with Crippen molar-refractivity contribution in [3.05, 3.63) is 29.8 Å². The van der Waals surface area contributed by atoms with Crippen molar-refractivity contribution in [2.45, 2.75) is 11.3 Å². The van der Waals surface area contributed by atoms with Gasteiger partial charge in [0.25, 0.3) is 0 Å². The molecule has 72 valence electrons. The van der Waals surface area contributed by atoms with Crippen LogP contribution in [0.5, 0.6) is 0 Å². The number of benzene rings is 1. The van der Waals surface area contributed by atoms with Crippen LogP contribution in [0.25, 0.3) is 0 Å². The Morgan fingerprint density at radius 2 is 1.86 bits per heavy atom. The Labute approximate surface area is 105 Å². The molecule has 0 bridgehead atoms. The molecule has 0 unspecified atom stereocenters. The standard InChI is InChI=1S/C8H10O4S.Na/c9-6-5-7-3-1-2-4-8(7)13(10,11)12;/h1-4,9H,5-6H2,(H,10,11,12);/q;+1/p-1. The van der Waals surface area contributed by atoms with E-state index in [0.29, 0.717) is 5.56 Å². The maximum Gasteiger partial charge on any atom is 1.00 e. The topological polar surface area (TPSA) is 77.4 Å². The minimum Gasteiger partial charge on any atom is -0.744 e. The van der Waals surface area contributed by atoms with E-state index in [2.05, 4.69) is 0 Å². The summed E-state index contributed by atoms with van der Waals surface area (Å²) in [5.74, 6) is 0. The Bertz CT molecular complexity index is 388. The Balaban J connectivity index is 0.00000169. The molecule has 1 aromatic rings. The molecule has 0 aliphatic heterocycles. The molecule has 0 heterocycles. The van der Waals surface area contributed by atoms with Gasteiger partial charge in [-0.2, -0.15) is 0 Å². The van der Waals surface area contributed by atoms with Crippen molar-refractivity contribution in [3.8, 4) is 0 Å². The largest absolute Gasteiger partial charge is 1.00 e. The van der Waals surface area contributed by atoms with E-state index in [1.165, 1.54) is 18.2 Å². The van der Waals surface area contributed by atoms with Crippen molar-refractivity contribution in [2.75, 3.05) is 6.61 Å². The van der Waals surface area contributed by atoms with Crippen molar-refractivity contribution in [2.24, 2.45) is 0 Å². The number of hydrogen-bond acceptors (Lipinski definition) is 4. The Hall–Kier alpha value is 0.0900. The van der Waals surface area contributed by atoms with Crippen LogP contribution in [-0.2, 0) is 16.5 Å². The minimum absolute atomic E-state index is 0. The SMILES string of the molecule is O=S(=O)([O-])c1ccccc1CCO.[Na+]. The molecule has 14 heavy (non-hydrogen) atoms. The Morgan fingerprint density at radius 3 is 2.36 bits per heavy atom. The second-order valence-corrected chi connectivity index (χ2v) is 3.88.